The summed E-state index contributed by atoms with van der Waals surface area (Å²) in [7, 11) is 5.78. The second-order valence-electron chi connectivity index (χ2n) is 6.23. The molecule has 160 valence electrons. The minimum Gasteiger partial charge on any atom is -0.493 e. The van der Waals surface area contributed by atoms with Crippen molar-refractivity contribution >= 4 is 17.8 Å². The monoisotopic (exact) mass is 410 g/mol. The Labute approximate surface area is 169 Å². The molecule has 2 rings (SSSR count). The molecule has 0 radical (unpaired) electrons. The molecule has 1 aliphatic rings. The number of likely N-dealkylation sites (N-methyl/N-ethyl adjacent to an activating group) is 1. The summed E-state index contributed by atoms with van der Waals surface area (Å²) in [5, 5.41) is 0. The second-order valence-corrected chi connectivity index (χ2v) is 6.23. The molecule has 1 aromatic rings. The third kappa shape index (κ3) is 5.74. The topological polar surface area (TPSA) is 104 Å². The fourth-order valence-corrected chi connectivity index (χ4v) is 2.72. The predicted molar refractivity (Wildman–Crippen MR) is 101 cm³/mol. The van der Waals surface area contributed by atoms with Crippen molar-refractivity contribution in [3.05, 3.63) is 17.7 Å². The van der Waals surface area contributed by atoms with E-state index in [1.807, 2.05) is 0 Å². The van der Waals surface area contributed by atoms with Crippen molar-refractivity contribution in [3.8, 4) is 17.2 Å². The minimum absolute atomic E-state index is 0.0967. The number of amides is 2. The van der Waals surface area contributed by atoms with Gasteiger partial charge in [0.15, 0.2) is 18.1 Å². The van der Waals surface area contributed by atoms with E-state index in [9.17, 15) is 14.4 Å². The number of nitrogens with zero attached hydrogens (tertiary/aromatic N) is 2. The molecule has 0 unspecified atom stereocenters. The van der Waals surface area contributed by atoms with Crippen molar-refractivity contribution in [2.24, 2.45) is 0 Å². The average Bonchev–Trinajstić information content (AvgIpc) is 2.76. The summed E-state index contributed by atoms with van der Waals surface area (Å²) in [6.07, 6.45) is 0. The molecule has 0 atom stereocenters. The zero-order valence-corrected chi connectivity index (χ0v) is 17.1. The molecule has 29 heavy (non-hydrogen) atoms. The molecule has 0 bridgehead atoms. The first kappa shape index (κ1) is 22.3. The largest absolute Gasteiger partial charge is 0.493 e. The highest BCUT2D eigenvalue weighted by atomic mass is 16.5. The molecule has 0 saturated carbocycles. The molecular formula is C19H26N2O8. The standard InChI is InChI=1S/C19H26N2O8/c1-20(11-16(22)21-5-7-28-8-6-21)17(23)12-29-19(24)13-9-14(25-2)18(27-4)15(10-13)26-3/h9-10H,5-8,11-12H2,1-4H3. The molecule has 0 N–H and O–H groups in total. The van der Waals surface area contributed by atoms with Crippen molar-refractivity contribution in [2.45, 2.75) is 0 Å². The lowest BCUT2D eigenvalue weighted by Gasteiger charge is -2.28. The van der Waals surface area contributed by atoms with Gasteiger partial charge in [0.05, 0.1) is 46.7 Å². The second kappa shape index (κ2) is 10.5. The van der Waals surface area contributed by atoms with E-state index < -0.39 is 18.5 Å². The summed E-state index contributed by atoms with van der Waals surface area (Å²) in [6.45, 7) is 1.36. The predicted octanol–water partition coefficient (Wildman–Crippen LogP) is 0.186. The van der Waals surface area contributed by atoms with Crippen molar-refractivity contribution in [2.75, 3.05) is 67.8 Å². The van der Waals surface area contributed by atoms with Crippen molar-refractivity contribution in [3.63, 3.8) is 0 Å². The fourth-order valence-electron chi connectivity index (χ4n) is 2.72. The van der Waals surface area contributed by atoms with Crippen LogP contribution in [0.2, 0.25) is 0 Å². The van der Waals surface area contributed by atoms with Crippen LogP contribution in [0.4, 0.5) is 0 Å². The van der Waals surface area contributed by atoms with Gasteiger partial charge in [-0.1, -0.05) is 0 Å². The Morgan fingerprint density at radius 3 is 2.14 bits per heavy atom. The van der Waals surface area contributed by atoms with E-state index in [1.54, 1.807) is 4.90 Å². The average molecular weight is 410 g/mol. The number of esters is 1. The highest BCUT2D eigenvalue weighted by Crippen LogP contribution is 2.38. The first-order chi connectivity index (χ1) is 13.9. The molecule has 0 aromatic heterocycles. The quantitative estimate of drug-likeness (QED) is 0.560. The Balaban J connectivity index is 1.93. The van der Waals surface area contributed by atoms with Crippen LogP contribution < -0.4 is 14.2 Å². The third-order valence-electron chi connectivity index (χ3n) is 4.39. The van der Waals surface area contributed by atoms with Crippen LogP contribution in [0.15, 0.2) is 12.1 Å². The Morgan fingerprint density at radius 2 is 1.62 bits per heavy atom. The third-order valence-corrected chi connectivity index (χ3v) is 4.39. The number of carbonyl (C=O) groups excluding carboxylic acids is 3. The van der Waals surface area contributed by atoms with E-state index in [4.69, 9.17) is 23.7 Å². The molecule has 0 aliphatic carbocycles. The Bertz CT molecular complexity index is 721. The molecule has 1 heterocycles. The number of hydrogen-bond acceptors (Lipinski definition) is 8. The number of carbonyl (C=O) groups is 3. The molecule has 1 fully saturated rings. The maximum atomic E-state index is 12.3. The number of ether oxygens (including phenoxy) is 5. The SMILES string of the molecule is COc1cc(C(=O)OCC(=O)N(C)CC(=O)N2CCOCC2)cc(OC)c1OC. The number of benzene rings is 1. The van der Waals surface area contributed by atoms with Crippen LogP contribution in [0, 0.1) is 0 Å². The first-order valence-electron chi connectivity index (χ1n) is 8.97. The smallest absolute Gasteiger partial charge is 0.338 e. The van der Waals surface area contributed by atoms with Crippen LogP contribution >= 0.6 is 0 Å². The lowest BCUT2D eigenvalue weighted by atomic mass is 10.2. The van der Waals surface area contributed by atoms with E-state index in [2.05, 4.69) is 0 Å². The molecule has 1 saturated heterocycles. The van der Waals surface area contributed by atoms with Gasteiger partial charge in [-0.3, -0.25) is 9.59 Å². The van der Waals surface area contributed by atoms with Gasteiger partial charge in [0.25, 0.3) is 5.91 Å². The molecule has 1 aliphatic heterocycles. The van der Waals surface area contributed by atoms with E-state index in [-0.39, 0.29) is 18.0 Å². The summed E-state index contributed by atoms with van der Waals surface area (Å²) >= 11 is 0. The van der Waals surface area contributed by atoms with Gasteiger partial charge in [-0.05, 0) is 12.1 Å². The van der Waals surface area contributed by atoms with Crippen LogP contribution in [0.5, 0.6) is 17.2 Å². The van der Waals surface area contributed by atoms with Gasteiger partial charge < -0.3 is 33.5 Å². The lowest BCUT2D eigenvalue weighted by Crippen LogP contribution is -2.46. The maximum absolute atomic E-state index is 12.3. The number of hydrogen-bond donors (Lipinski definition) is 0. The molecule has 2 amide bonds. The van der Waals surface area contributed by atoms with Gasteiger partial charge in [-0.2, -0.15) is 0 Å². The van der Waals surface area contributed by atoms with Crippen molar-refractivity contribution < 1.29 is 38.1 Å². The van der Waals surface area contributed by atoms with Gasteiger partial charge in [-0.25, -0.2) is 4.79 Å². The molecule has 10 nitrogen and oxygen atoms in total. The lowest BCUT2D eigenvalue weighted by molar-refractivity contribution is -0.143. The van der Waals surface area contributed by atoms with Crippen LogP contribution in [0.3, 0.4) is 0 Å². The van der Waals surface area contributed by atoms with Crippen molar-refractivity contribution in [1.29, 1.82) is 0 Å². The van der Waals surface area contributed by atoms with Gasteiger partial charge in [0.1, 0.15) is 0 Å². The highest BCUT2D eigenvalue weighted by molar-refractivity contribution is 5.93. The summed E-state index contributed by atoms with van der Waals surface area (Å²) in [6, 6.07) is 2.86. The Morgan fingerprint density at radius 1 is 1.03 bits per heavy atom. The minimum atomic E-state index is -0.731. The number of morpholine rings is 1. The summed E-state index contributed by atoms with van der Waals surface area (Å²) in [5.74, 6) is -0.487. The van der Waals surface area contributed by atoms with E-state index >= 15 is 0 Å². The summed E-state index contributed by atoms with van der Waals surface area (Å²) < 4.78 is 25.9. The van der Waals surface area contributed by atoms with Crippen LogP contribution in [0.1, 0.15) is 10.4 Å². The summed E-state index contributed by atoms with van der Waals surface area (Å²) in [4.78, 5) is 39.6. The van der Waals surface area contributed by atoms with E-state index in [1.165, 1.54) is 45.4 Å². The zero-order valence-electron chi connectivity index (χ0n) is 17.1. The number of methoxy groups -OCH3 is 3. The molecular weight excluding hydrogens is 384 g/mol. The molecule has 1 aromatic carbocycles. The van der Waals surface area contributed by atoms with E-state index in [0.717, 1.165) is 0 Å². The number of rotatable bonds is 8. The zero-order chi connectivity index (χ0) is 21.4. The molecule has 10 heteroatoms. The van der Waals surface area contributed by atoms with Gasteiger partial charge >= 0.3 is 5.97 Å². The normalized spacial score (nSPS) is 13.4. The highest BCUT2D eigenvalue weighted by Gasteiger charge is 2.22. The Kier molecular flexibility index (Phi) is 8.08. The van der Waals surface area contributed by atoms with Gasteiger partial charge in [-0.15, -0.1) is 0 Å². The first-order valence-corrected chi connectivity index (χ1v) is 8.97. The summed E-state index contributed by atoms with van der Waals surface area (Å²) in [5.41, 5.74) is 0.138. The van der Waals surface area contributed by atoms with Crippen molar-refractivity contribution in [1.82, 2.24) is 9.80 Å². The van der Waals surface area contributed by atoms with Gasteiger partial charge in [0, 0.05) is 20.1 Å². The molecule has 0 spiro atoms. The van der Waals surface area contributed by atoms with Gasteiger partial charge in [0.2, 0.25) is 11.7 Å². The van der Waals surface area contributed by atoms with Crippen LogP contribution in [-0.2, 0) is 19.1 Å². The Hall–Kier alpha value is -3.01. The van der Waals surface area contributed by atoms with Crippen LogP contribution in [-0.4, -0.2) is 95.4 Å². The van der Waals surface area contributed by atoms with Crippen LogP contribution in [0.25, 0.3) is 0 Å². The maximum Gasteiger partial charge on any atom is 0.338 e. The fraction of sp³-hybridized carbons (Fsp3) is 0.526. The van der Waals surface area contributed by atoms with E-state index in [0.29, 0.717) is 43.6 Å².